The Bertz CT molecular complexity index is 445. The van der Waals surface area contributed by atoms with Gasteiger partial charge in [0.25, 0.3) is 5.91 Å². The van der Waals surface area contributed by atoms with Crippen molar-refractivity contribution in [1.82, 2.24) is 5.32 Å². The normalized spacial score (nSPS) is 13.2. The number of amides is 1. The molecule has 1 aromatic rings. The lowest BCUT2D eigenvalue weighted by molar-refractivity contribution is -0.131. The molecule has 3 N–H and O–H groups in total. The number of hydrogen-bond donors (Lipinski definition) is 2. The molecule has 120 valence electrons. The Morgan fingerprint density at radius 1 is 1.38 bits per heavy atom. The molecule has 0 aliphatic heterocycles. The Morgan fingerprint density at radius 3 is 2.52 bits per heavy atom. The first-order valence-corrected chi connectivity index (χ1v) is 6.06. The summed E-state index contributed by atoms with van der Waals surface area (Å²) < 4.78 is 34.0. The molecule has 0 saturated heterocycles. The summed E-state index contributed by atoms with van der Waals surface area (Å²) in [4.78, 5) is 11.8. The van der Waals surface area contributed by atoms with Gasteiger partial charge >= 0.3 is 6.61 Å². The first kappa shape index (κ1) is 19.6. The molecule has 2 unspecified atom stereocenters. The van der Waals surface area contributed by atoms with Crippen LogP contribution in [0.5, 0.6) is 5.75 Å². The van der Waals surface area contributed by atoms with Crippen LogP contribution in [0.2, 0.25) is 0 Å². The van der Waals surface area contributed by atoms with Gasteiger partial charge in [-0.05, 0) is 13.0 Å². The number of benzene rings is 1. The quantitative estimate of drug-likeness (QED) is 0.803. The molecule has 1 aromatic carbocycles. The minimum absolute atomic E-state index is 0. The van der Waals surface area contributed by atoms with Crippen LogP contribution in [0.15, 0.2) is 24.3 Å². The fourth-order valence-corrected chi connectivity index (χ4v) is 1.74. The van der Waals surface area contributed by atoms with Crippen molar-refractivity contribution in [2.24, 2.45) is 5.73 Å². The third-order valence-corrected chi connectivity index (χ3v) is 2.75. The number of halogens is 3. The maximum absolute atomic E-state index is 12.3. The van der Waals surface area contributed by atoms with E-state index in [4.69, 9.17) is 10.5 Å². The summed E-state index contributed by atoms with van der Waals surface area (Å²) in [6.07, 6.45) is -0.777. The first-order valence-electron chi connectivity index (χ1n) is 6.06. The zero-order chi connectivity index (χ0) is 15.1. The Labute approximate surface area is 128 Å². The molecule has 0 aliphatic carbocycles. The summed E-state index contributed by atoms with van der Waals surface area (Å²) in [5.41, 5.74) is 5.84. The molecule has 0 spiro atoms. The van der Waals surface area contributed by atoms with E-state index in [0.717, 1.165) is 0 Å². The number of para-hydroxylation sites is 1. The van der Waals surface area contributed by atoms with Gasteiger partial charge in [-0.25, -0.2) is 0 Å². The van der Waals surface area contributed by atoms with E-state index in [2.05, 4.69) is 10.1 Å². The minimum atomic E-state index is -2.92. The molecule has 0 bridgehead atoms. The molecule has 0 radical (unpaired) electrons. The molecular weight excluding hydrogens is 306 g/mol. The summed E-state index contributed by atoms with van der Waals surface area (Å²) in [5.74, 6) is -0.383. The van der Waals surface area contributed by atoms with Gasteiger partial charge < -0.3 is 20.5 Å². The summed E-state index contributed by atoms with van der Waals surface area (Å²) in [6.45, 7) is -1.23. The van der Waals surface area contributed by atoms with Crippen molar-refractivity contribution in [1.29, 1.82) is 0 Å². The number of methoxy groups -OCH3 is 1. The topological polar surface area (TPSA) is 73.6 Å². The van der Waals surface area contributed by atoms with Gasteiger partial charge in [-0.3, -0.25) is 4.79 Å². The molecule has 5 nitrogen and oxygen atoms in total. The smallest absolute Gasteiger partial charge is 0.387 e. The van der Waals surface area contributed by atoms with E-state index in [0.29, 0.717) is 5.56 Å². The average Bonchev–Trinajstić information content (AvgIpc) is 2.39. The Hall–Kier alpha value is -1.44. The summed E-state index contributed by atoms with van der Waals surface area (Å²) in [7, 11) is 1.37. The van der Waals surface area contributed by atoms with Gasteiger partial charge in [0.1, 0.15) is 11.9 Å². The number of nitrogens with two attached hydrogens (primary N) is 1. The van der Waals surface area contributed by atoms with Crippen molar-refractivity contribution in [3.8, 4) is 5.75 Å². The highest BCUT2D eigenvalue weighted by molar-refractivity contribution is 5.85. The molecular formula is C13H19ClF2N2O3. The van der Waals surface area contributed by atoms with E-state index >= 15 is 0 Å². The molecule has 0 aliphatic rings. The number of ether oxygens (including phenoxy) is 2. The van der Waals surface area contributed by atoms with Gasteiger partial charge in [0, 0.05) is 19.2 Å². The summed E-state index contributed by atoms with van der Waals surface area (Å²) in [6, 6.07) is 5.76. The fraction of sp³-hybridized carbons (Fsp3) is 0.462. The van der Waals surface area contributed by atoms with E-state index in [-0.39, 0.29) is 24.7 Å². The van der Waals surface area contributed by atoms with Crippen molar-refractivity contribution in [2.45, 2.75) is 25.7 Å². The highest BCUT2D eigenvalue weighted by Gasteiger charge is 2.21. The molecule has 0 heterocycles. The second-order valence-electron chi connectivity index (χ2n) is 4.11. The molecule has 0 aromatic heterocycles. The molecule has 0 fully saturated rings. The lowest BCUT2D eigenvalue weighted by Gasteiger charge is -2.20. The monoisotopic (exact) mass is 324 g/mol. The van der Waals surface area contributed by atoms with Crippen LogP contribution in [0.25, 0.3) is 0 Å². The molecule has 1 amide bonds. The zero-order valence-electron chi connectivity index (χ0n) is 11.7. The average molecular weight is 325 g/mol. The largest absolute Gasteiger partial charge is 0.434 e. The van der Waals surface area contributed by atoms with E-state index in [1.165, 1.54) is 13.2 Å². The third-order valence-electron chi connectivity index (χ3n) is 2.75. The van der Waals surface area contributed by atoms with E-state index < -0.39 is 24.7 Å². The van der Waals surface area contributed by atoms with E-state index in [9.17, 15) is 13.6 Å². The summed E-state index contributed by atoms with van der Waals surface area (Å²) >= 11 is 0. The number of alkyl halides is 2. The van der Waals surface area contributed by atoms with Gasteiger partial charge in [0.2, 0.25) is 0 Å². The van der Waals surface area contributed by atoms with Gasteiger partial charge in [-0.15, -0.1) is 12.4 Å². The number of carbonyl (C=O) groups is 1. The SMILES string of the molecule is COC(CN)C(=O)NC(C)c1ccccc1OC(F)F.Cl. The van der Waals surface area contributed by atoms with Crippen LogP contribution in [0.1, 0.15) is 18.5 Å². The van der Waals surface area contributed by atoms with Crippen molar-refractivity contribution in [2.75, 3.05) is 13.7 Å². The zero-order valence-corrected chi connectivity index (χ0v) is 12.5. The maximum atomic E-state index is 12.3. The predicted molar refractivity (Wildman–Crippen MR) is 76.7 cm³/mol. The molecule has 1 rings (SSSR count). The maximum Gasteiger partial charge on any atom is 0.387 e. The van der Waals surface area contributed by atoms with Crippen molar-refractivity contribution in [3.63, 3.8) is 0 Å². The molecule has 2 atom stereocenters. The fourth-order valence-electron chi connectivity index (χ4n) is 1.74. The summed E-state index contributed by atoms with van der Waals surface area (Å²) in [5, 5.41) is 2.64. The second kappa shape index (κ2) is 9.49. The van der Waals surface area contributed by atoms with Crippen LogP contribution >= 0.6 is 12.4 Å². The van der Waals surface area contributed by atoms with Crippen LogP contribution in [0, 0.1) is 0 Å². The first-order chi connectivity index (χ1) is 9.49. The molecule has 8 heteroatoms. The highest BCUT2D eigenvalue weighted by Crippen LogP contribution is 2.26. The van der Waals surface area contributed by atoms with Crippen molar-refractivity contribution >= 4 is 18.3 Å². The second-order valence-corrected chi connectivity index (χ2v) is 4.11. The number of rotatable bonds is 7. The van der Waals surface area contributed by atoms with Crippen LogP contribution in [0.3, 0.4) is 0 Å². The minimum Gasteiger partial charge on any atom is -0.434 e. The lowest BCUT2D eigenvalue weighted by Crippen LogP contribution is -2.41. The Balaban J connectivity index is 0.00000400. The van der Waals surface area contributed by atoms with Crippen LogP contribution in [-0.2, 0) is 9.53 Å². The van der Waals surface area contributed by atoms with E-state index in [1.807, 2.05) is 0 Å². The third kappa shape index (κ3) is 5.82. The van der Waals surface area contributed by atoms with Gasteiger partial charge in [-0.2, -0.15) is 8.78 Å². The highest BCUT2D eigenvalue weighted by atomic mass is 35.5. The van der Waals surface area contributed by atoms with Gasteiger partial charge in [0.15, 0.2) is 0 Å². The Kier molecular flexibility index (Phi) is 8.84. The van der Waals surface area contributed by atoms with Crippen LogP contribution in [0.4, 0.5) is 8.78 Å². The molecule has 21 heavy (non-hydrogen) atoms. The van der Waals surface area contributed by atoms with E-state index in [1.54, 1.807) is 25.1 Å². The lowest BCUT2D eigenvalue weighted by atomic mass is 10.1. The van der Waals surface area contributed by atoms with Crippen LogP contribution < -0.4 is 15.8 Å². The van der Waals surface area contributed by atoms with Crippen molar-refractivity contribution in [3.05, 3.63) is 29.8 Å². The van der Waals surface area contributed by atoms with Gasteiger partial charge in [-0.1, -0.05) is 18.2 Å². The molecule has 0 saturated carbocycles. The van der Waals surface area contributed by atoms with Crippen LogP contribution in [-0.4, -0.2) is 32.3 Å². The predicted octanol–water partition coefficient (Wildman–Crippen LogP) is 1.86. The number of carbonyl (C=O) groups excluding carboxylic acids is 1. The standard InChI is InChI=1S/C13H18F2N2O3.ClH/c1-8(17-12(18)11(7-16)19-2)9-5-3-4-6-10(9)20-13(14)15;/h3-6,8,11,13H,7,16H2,1-2H3,(H,17,18);1H. The van der Waals surface area contributed by atoms with Crippen molar-refractivity contribution < 1.29 is 23.0 Å². The number of hydrogen-bond acceptors (Lipinski definition) is 4. The Morgan fingerprint density at radius 2 is 2.00 bits per heavy atom. The van der Waals surface area contributed by atoms with Gasteiger partial charge in [0.05, 0.1) is 6.04 Å². The number of nitrogens with one attached hydrogen (secondary N) is 1.